The van der Waals surface area contributed by atoms with Gasteiger partial charge < -0.3 is 14.6 Å². The Balaban J connectivity index is 2.05. The van der Waals surface area contributed by atoms with Gasteiger partial charge in [-0.05, 0) is 48.5 Å². The molecule has 3 atom stereocenters. The number of aliphatic hydroxyl groups is 1. The van der Waals surface area contributed by atoms with E-state index in [2.05, 4.69) is 0 Å². The minimum atomic E-state index is -1.18. The molecule has 0 unspecified atom stereocenters. The Kier molecular flexibility index (Phi) is 9.36. The maximum absolute atomic E-state index is 13.9. The van der Waals surface area contributed by atoms with Crippen molar-refractivity contribution in [1.29, 1.82) is 0 Å². The molecule has 0 bridgehead atoms. The predicted molar refractivity (Wildman–Crippen MR) is 141 cm³/mol. The van der Waals surface area contributed by atoms with Gasteiger partial charge in [-0.2, -0.15) is 0 Å². The average molecular weight is 581 g/mol. The zero-order chi connectivity index (χ0) is 29.1. The van der Waals surface area contributed by atoms with Crippen LogP contribution in [0, 0.1) is 27.3 Å². The van der Waals surface area contributed by atoms with E-state index in [1.165, 1.54) is 49.4 Å². The number of amides is 1. The molecule has 1 fully saturated rings. The Hall–Kier alpha value is -3.48. The first-order chi connectivity index (χ1) is 18.2. The molecule has 1 aliphatic heterocycles. The summed E-state index contributed by atoms with van der Waals surface area (Å²) in [5, 5.41) is 20.1. The molecule has 0 aromatic heterocycles. The maximum Gasteiger partial charge on any atom is 0.359 e. The van der Waals surface area contributed by atoms with Crippen LogP contribution >= 0.6 is 23.4 Å². The van der Waals surface area contributed by atoms with Gasteiger partial charge in [-0.15, -0.1) is 0 Å². The van der Waals surface area contributed by atoms with Gasteiger partial charge in [0.1, 0.15) is 23.7 Å². The van der Waals surface area contributed by atoms with Crippen LogP contribution in [0.3, 0.4) is 0 Å². The van der Waals surface area contributed by atoms with E-state index < -0.39 is 56.4 Å². The summed E-state index contributed by atoms with van der Waals surface area (Å²) >= 11 is 6.91. The van der Waals surface area contributed by atoms with Crippen LogP contribution in [-0.2, 0) is 25.7 Å². The largest absolute Gasteiger partial charge is 0.456 e. The summed E-state index contributed by atoms with van der Waals surface area (Å²) in [7, 11) is 0. The molecule has 208 valence electrons. The van der Waals surface area contributed by atoms with Crippen molar-refractivity contribution in [3.8, 4) is 5.75 Å². The number of hydrogen-bond donors (Lipinski definition) is 1. The summed E-state index contributed by atoms with van der Waals surface area (Å²) in [6, 6.07) is 10.2. The number of β-lactam (4-membered cyclic amide) rings is 1. The lowest BCUT2D eigenvalue weighted by atomic mass is 9.92. The number of rotatable bonds is 9. The third-order valence-corrected chi connectivity index (χ3v) is 7.26. The van der Waals surface area contributed by atoms with E-state index in [0.29, 0.717) is 17.3 Å². The van der Waals surface area contributed by atoms with E-state index in [9.17, 15) is 34.0 Å². The molecule has 13 heteroatoms. The van der Waals surface area contributed by atoms with Gasteiger partial charge in [0.05, 0.1) is 16.9 Å². The standard InChI is InChI=1S/C26H26ClFN2O8S/c1-14(31)19-21(27)29(22(19)32)20(23(33)37-13-15-8-10-17(11-9-15)30(35)36)24(39-25(34)26(2,3)4)38-18-7-5-6-16(28)12-18/h5-12,14,19,21,31H,13H2,1-4H3/t14-,19-,21-/m1/s1. The van der Waals surface area contributed by atoms with Gasteiger partial charge in [-0.1, -0.05) is 38.4 Å². The molecule has 0 radical (unpaired) electrons. The molecule has 1 heterocycles. The highest BCUT2D eigenvalue weighted by molar-refractivity contribution is 8.16. The van der Waals surface area contributed by atoms with Crippen LogP contribution in [0.2, 0.25) is 0 Å². The molecule has 1 saturated heterocycles. The van der Waals surface area contributed by atoms with Crippen LogP contribution in [-0.4, -0.2) is 43.5 Å². The Morgan fingerprint density at radius 1 is 1.23 bits per heavy atom. The Morgan fingerprint density at radius 2 is 1.87 bits per heavy atom. The number of ether oxygens (including phenoxy) is 2. The van der Waals surface area contributed by atoms with E-state index in [1.54, 1.807) is 20.8 Å². The second-order valence-corrected chi connectivity index (χ2v) is 11.1. The molecule has 0 aliphatic carbocycles. The monoisotopic (exact) mass is 580 g/mol. The molecule has 2 aromatic carbocycles. The fourth-order valence-electron chi connectivity index (χ4n) is 3.35. The molecule has 0 saturated carbocycles. The first-order valence-electron chi connectivity index (χ1n) is 11.7. The average Bonchev–Trinajstić information content (AvgIpc) is 2.84. The number of hydrogen-bond acceptors (Lipinski definition) is 9. The van der Waals surface area contributed by atoms with Crippen molar-refractivity contribution in [2.45, 2.75) is 45.9 Å². The number of aliphatic hydroxyl groups excluding tert-OH is 1. The van der Waals surface area contributed by atoms with Crippen molar-refractivity contribution in [2.75, 3.05) is 0 Å². The van der Waals surface area contributed by atoms with Gasteiger partial charge >= 0.3 is 5.97 Å². The molecule has 0 spiro atoms. The Morgan fingerprint density at radius 3 is 2.38 bits per heavy atom. The van der Waals surface area contributed by atoms with Gasteiger partial charge in [-0.3, -0.25) is 24.6 Å². The highest BCUT2D eigenvalue weighted by Crippen LogP contribution is 2.41. The van der Waals surface area contributed by atoms with Crippen LogP contribution in [0.1, 0.15) is 33.3 Å². The third-order valence-electron chi connectivity index (χ3n) is 5.53. The lowest BCUT2D eigenvalue weighted by molar-refractivity contribution is -0.384. The van der Waals surface area contributed by atoms with E-state index in [1.807, 2.05) is 0 Å². The molecular formula is C26H26ClFN2O8S. The minimum Gasteiger partial charge on any atom is -0.456 e. The number of esters is 1. The van der Waals surface area contributed by atoms with Crippen LogP contribution in [0.15, 0.2) is 59.3 Å². The molecule has 1 aliphatic rings. The number of halogens is 2. The molecular weight excluding hydrogens is 555 g/mol. The second kappa shape index (κ2) is 12.1. The van der Waals surface area contributed by atoms with Gasteiger partial charge in [0.25, 0.3) is 5.69 Å². The van der Waals surface area contributed by atoms with Crippen LogP contribution in [0.5, 0.6) is 5.75 Å². The number of benzene rings is 2. The fourth-order valence-corrected chi connectivity index (χ4v) is 4.75. The Labute approximate surface area is 232 Å². The van der Waals surface area contributed by atoms with E-state index >= 15 is 0 Å². The second-order valence-electron chi connectivity index (χ2n) is 9.68. The van der Waals surface area contributed by atoms with E-state index in [-0.39, 0.29) is 23.1 Å². The summed E-state index contributed by atoms with van der Waals surface area (Å²) in [6.07, 6.45) is -1.13. The summed E-state index contributed by atoms with van der Waals surface area (Å²) in [5.74, 6) is -3.56. The number of non-ortho nitro benzene ring substituents is 1. The van der Waals surface area contributed by atoms with Crippen molar-refractivity contribution in [2.24, 2.45) is 11.3 Å². The summed E-state index contributed by atoms with van der Waals surface area (Å²) in [5.41, 5.74) is -2.36. The summed E-state index contributed by atoms with van der Waals surface area (Å²) < 4.78 is 25.1. The molecule has 2 aromatic rings. The number of carbonyl (C=O) groups excluding carboxylic acids is 3. The summed E-state index contributed by atoms with van der Waals surface area (Å²) in [6.45, 7) is 5.93. The summed E-state index contributed by atoms with van der Waals surface area (Å²) in [4.78, 5) is 50.6. The zero-order valence-electron chi connectivity index (χ0n) is 21.4. The van der Waals surface area contributed by atoms with Crippen molar-refractivity contribution in [1.82, 2.24) is 4.90 Å². The van der Waals surface area contributed by atoms with Crippen LogP contribution in [0.4, 0.5) is 10.1 Å². The number of likely N-dealkylation sites (tertiary alicyclic amines) is 1. The van der Waals surface area contributed by atoms with Crippen LogP contribution < -0.4 is 4.74 Å². The SMILES string of the molecule is C[C@@H](O)[C@H]1C(=O)N(C(C(=O)OCc2ccc([N+](=O)[O-])cc2)=C(Oc2cccc(F)c2)SC(=O)C(C)(C)C)[C@H]1Cl. The van der Waals surface area contributed by atoms with Crippen molar-refractivity contribution in [3.05, 3.63) is 80.8 Å². The number of nitro benzene ring substituents is 1. The zero-order valence-corrected chi connectivity index (χ0v) is 23.0. The lowest BCUT2D eigenvalue weighted by Crippen LogP contribution is -2.62. The van der Waals surface area contributed by atoms with E-state index in [4.69, 9.17) is 21.1 Å². The fraction of sp³-hybridized carbons (Fsp3) is 0.346. The lowest BCUT2D eigenvalue weighted by Gasteiger charge is -2.45. The topological polar surface area (TPSA) is 136 Å². The van der Waals surface area contributed by atoms with Crippen molar-refractivity contribution >= 4 is 46.0 Å². The van der Waals surface area contributed by atoms with Gasteiger partial charge in [0.2, 0.25) is 11.0 Å². The third kappa shape index (κ3) is 7.14. The predicted octanol–water partition coefficient (Wildman–Crippen LogP) is 4.74. The van der Waals surface area contributed by atoms with Crippen molar-refractivity contribution in [3.63, 3.8) is 0 Å². The molecule has 1 N–H and O–H groups in total. The van der Waals surface area contributed by atoms with Gasteiger partial charge in [-0.25, -0.2) is 9.18 Å². The van der Waals surface area contributed by atoms with Crippen molar-refractivity contribution < 1.29 is 38.3 Å². The first kappa shape index (κ1) is 30.1. The van der Waals surface area contributed by atoms with Gasteiger partial charge in [0, 0.05) is 23.6 Å². The maximum atomic E-state index is 13.9. The molecule has 10 nitrogen and oxygen atoms in total. The van der Waals surface area contributed by atoms with Gasteiger partial charge in [0.15, 0.2) is 10.8 Å². The highest BCUT2D eigenvalue weighted by Gasteiger charge is 2.53. The van der Waals surface area contributed by atoms with E-state index in [0.717, 1.165) is 11.0 Å². The quantitative estimate of drug-likeness (QED) is 0.0652. The molecule has 1 amide bonds. The first-order valence-corrected chi connectivity index (χ1v) is 12.9. The number of alkyl halides is 1. The Bertz CT molecular complexity index is 1310. The minimum absolute atomic E-state index is 0.0638. The smallest absolute Gasteiger partial charge is 0.359 e. The molecule has 39 heavy (non-hydrogen) atoms. The highest BCUT2D eigenvalue weighted by atomic mass is 35.5. The number of carbonyl (C=O) groups is 3. The molecule has 3 rings (SSSR count). The normalized spacial score (nSPS) is 18.5. The van der Waals surface area contributed by atoms with Crippen LogP contribution in [0.25, 0.3) is 0 Å². The number of thioether (sulfide) groups is 1. The number of nitrogens with zero attached hydrogens (tertiary/aromatic N) is 2. The number of nitro groups is 1.